The Labute approximate surface area is 109 Å². The minimum Gasteiger partial charge on any atom is -0.497 e. The number of hydrogen-bond acceptors (Lipinski definition) is 2. The first kappa shape index (κ1) is 12.9. The van der Waals surface area contributed by atoms with Gasteiger partial charge in [-0.15, -0.1) is 6.58 Å². The molecular formula is C16H20O2. The SMILES string of the molecule is C=CC[C@H]1C(=O)CCC[C@@H]1c1ccc(OC)cc1. The number of methoxy groups -OCH3 is 1. The van der Waals surface area contributed by atoms with Crippen LogP contribution < -0.4 is 4.74 Å². The lowest BCUT2D eigenvalue weighted by Crippen LogP contribution is -2.26. The number of carbonyl (C=O) groups excluding carboxylic acids is 1. The molecule has 1 aromatic carbocycles. The highest BCUT2D eigenvalue weighted by Crippen LogP contribution is 2.38. The Morgan fingerprint density at radius 1 is 1.39 bits per heavy atom. The van der Waals surface area contributed by atoms with E-state index in [0.717, 1.165) is 31.4 Å². The maximum atomic E-state index is 12.0. The molecule has 1 saturated carbocycles. The Morgan fingerprint density at radius 2 is 2.11 bits per heavy atom. The summed E-state index contributed by atoms with van der Waals surface area (Å²) in [4.78, 5) is 12.0. The predicted molar refractivity (Wildman–Crippen MR) is 72.9 cm³/mol. The van der Waals surface area contributed by atoms with E-state index in [1.807, 2.05) is 18.2 Å². The first-order valence-corrected chi connectivity index (χ1v) is 6.54. The van der Waals surface area contributed by atoms with Crippen LogP contribution in [0, 0.1) is 5.92 Å². The Kier molecular flexibility index (Phi) is 4.19. The molecule has 0 N–H and O–H groups in total. The number of allylic oxidation sites excluding steroid dienone is 1. The van der Waals surface area contributed by atoms with Crippen molar-refractivity contribution in [2.75, 3.05) is 7.11 Å². The van der Waals surface area contributed by atoms with E-state index >= 15 is 0 Å². The van der Waals surface area contributed by atoms with Gasteiger partial charge in [0, 0.05) is 12.3 Å². The van der Waals surface area contributed by atoms with Crippen molar-refractivity contribution in [3.8, 4) is 5.75 Å². The Hall–Kier alpha value is -1.57. The van der Waals surface area contributed by atoms with Crippen molar-refractivity contribution >= 4 is 5.78 Å². The molecule has 0 aliphatic heterocycles. The fraction of sp³-hybridized carbons (Fsp3) is 0.438. The number of ether oxygens (including phenoxy) is 1. The highest BCUT2D eigenvalue weighted by molar-refractivity contribution is 5.83. The molecule has 2 nitrogen and oxygen atoms in total. The largest absolute Gasteiger partial charge is 0.497 e. The van der Waals surface area contributed by atoms with E-state index in [1.54, 1.807) is 7.11 Å². The molecule has 2 heteroatoms. The number of Topliss-reactive ketones (excluding diaryl/α,β-unsaturated/α-hetero) is 1. The monoisotopic (exact) mass is 244 g/mol. The molecule has 0 radical (unpaired) electrons. The van der Waals surface area contributed by atoms with Crippen LogP contribution in [-0.4, -0.2) is 12.9 Å². The third kappa shape index (κ3) is 2.63. The van der Waals surface area contributed by atoms with E-state index in [4.69, 9.17) is 4.74 Å². The van der Waals surface area contributed by atoms with Gasteiger partial charge in [-0.25, -0.2) is 0 Å². The molecule has 0 unspecified atom stereocenters. The standard InChI is InChI=1S/C16H20O2/c1-3-5-15-14(6-4-7-16(15)17)12-8-10-13(18-2)11-9-12/h3,8-11,14-15H,1,4-7H2,2H3/t14-,15-/m1/s1. The van der Waals surface area contributed by atoms with Crippen LogP contribution in [0.25, 0.3) is 0 Å². The normalized spacial score (nSPS) is 23.7. The summed E-state index contributed by atoms with van der Waals surface area (Å²) in [5.74, 6) is 1.71. The summed E-state index contributed by atoms with van der Waals surface area (Å²) < 4.78 is 5.17. The second kappa shape index (κ2) is 5.85. The number of carbonyl (C=O) groups is 1. The average molecular weight is 244 g/mol. The van der Waals surface area contributed by atoms with Crippen molar-refractivity contribution in [3.63, 3.8) is 0 Å². The third-order valence-corrected chi connectivity index (χ3v) is 3.80. The van der Waals surface area contributed by atoms with Gasteiger partial charge in [-0.2, -0.15) is 0 Å². The Balaban J connectivity index is 2.22. The molecule has 2 rings (SSSR count). The van der Waals surface area contributed by atoms with Crippen molar-refractivity contribution in [2.45, 2.75) is 31.6 Å². The first-order chi connectivity index (χ1) is 8.76. The topological polar surface area (TPSA) is 26.3 Å². The molecule has 2 atom stereocenters. The summed E-state index contributed by atoms with van der Waals surface area (Å²) in [5.41, 5.74) is 1.25. The quantitative estimate of drug-likeness (QED) is 0.754. The molecule has 0 aromatic heterocycles. The molecule has 1 aromatic rings. The third-order valence-electron chi connectivity index (χ3n) is 3.80. The van der Waals surface area contributed by atoms with Crippen LogP contribution in [0.3, 0.4) is 0 Å². The summed E-state index contributed by atoms with van der Waals surface area (Å²) in [6, 6.07) is 8.11. The summed E-state index contributed by atoms with van der Waals surface area (Å²) in [6.07, 6.45) is 5.48. The smallest absolute Gasteiger partial charge is 0.136 e. The van der Waals surface area contributed by atoms with E-state index in [-0.39, 0.29) is 5.92 Å². The van der Waals surface area contributed by atoms with E-state index < -0.39 is 0 Å². The van der Waals surface area contributed by atoms with Gasteiger partial charge >= 0.3 is 0 Å². The van der Waals surface area contributed by atoms with Gasteiger partial charge in [0.05, 0.1) is 7.11 Å². The predicted octanol–water partition coefficient (Wildman–Crippen LogP) is 3.72. The molecule has 1 aliphatic carbocycles. The highest BCUT2D eigenvalue weighted by atomic mass is 16.5. The van der Waals surface area contributed by atoms with E-state index in [9.17, 15) is 4.79 Å². The van der Waals surface area contributed by atoms with Gasteiger partial charge in [0.2, 0.25) is 0 Å². The fourth-order valence-corrected chi connectivity index (χ4v) is 2.83. The van der Waals surface area contributed by atoms with Crippen molar-refractivity contribution in [3.05, 3.63) is 42.5 Å². The van der Waals surface area contributed by atoms with Crippen LogP contribution in [0.2, 0.25) is 0 Å². The van der Waals surface area contributed by atoms with Crippen LogP contribution in [0.1, 0.15) is 37.2 Å². The van der Waals surface area contributed by atoms with E-state index in [2.05, 4.69) is 18.7 Å². The van der Waals surface area contributed by atoms with Gasteiger partial charge in [-0.1, -0.05) is 18.2 Å². The lowest BCUT2D eigenvalue weighted by atomic mass is 9.73. The van der Waals surface area contributed by atoms with E-state index in [1.165, 1.54) is 5.56 Å². The lowest BCUT2D eigenvalue weighted by Gasteiger charge is -2.30. The Bertz CT molecular complexity index is 419. The van der Waals surface area contributed by atoms with Crippen LogP contribution >= 0.6 is 0 Å². The van der Waals surface area contributed by atoms with Gasteiger partial charge in [-0.05, 0) is 42.9 Å². The first-order valence-electron chi connectivity index (χ1n) is 6.54. The van der Waals surface area contributed by atoms with Gasteiger partial charge in [0.25, 0.3) is 0 Å². The molecule has 0 spiro atoms. The Morgan fingerprint density at radius 3 is 2.72 bits per heavy atom. The molecule has 0 saturated heterocycles. The van der Waals surface area contributed by atoms with Crippen LogP contribution in [0.4, 0.5) is 0 Å². The summed E-state index contributed by atoms with van der Waals surface area (Å²) >= 11 is 0. The fourth-order valence-electron chi connectivity index (χ4n) is 2.83. The molecule has 1 fully saturated rings. The van der Waals surface area contributed by atoms with Crippen molar-refractivity contribution < 1.29 is 9.53 Å². The van der Waals surface area contributed by atoms with Crippen LogP contribution in [0.5, 0.6) is 5.75 Å². The number of hydrogen-bond donors (Lipinski definition) is 0. The van der Waals surface area contributed by atoms with Crippen molar-refractivity contribution in [1.82, 2.24) is 0 Å². The molecule has 0 bridgehead atoms. The van der Waals surface area contributed by atoms with Gasteiger partial charge in [0.15, 0.2) is 0 Å². The van der Waals surface area contributed by atoms with Crippen molar-refractivity contribution in [2.24, 2.45) is 5.92 Å². The van der Waals surface area contributed by atoms with E-state index in [0.29, 0.717) is 11.7 Å². The van der Waals surface area contributed by atoms with Gasteiger partial charge < -0.3 is 4.74 Å². The zero-order valence-electron chi connectivity index (χ0n) is 10.9. The molecule has 96 valence electrons. The van der Waals surface area contributed by atoms with Crippen molar-refractivity contribution in [1.29, 1.82) is 0 Å². The van der Waals surface area contributed by atoms with Crippen LogP contribution in [0.15, 0.2) is 36.9 Å². The minimum absolute atomic E-state index is 0.115. The molecule has 0 heterocycles. The maximum Gasteiger partial charge on any atom is 0.136 e. The molecular weight excluding hydrogens is 224 g/mol. The van der Waals surface area contributed by atoms with Gasteiger partial charge in [-0.3, -0.25) is 4.79 Å². The molecule has 18 heavy (non-hydrogen) atoms. The number of ketones is 1. The zero-order valence-corrected chi connectivity index (χ0v) is 10.9. The molecule has 0 amide bonds. The second-order valence-corrected chi connectivity index (χ2v) is 4.87. The zero-order chi connectivity index (χ0) is 13.0. The maximum absolute atomic E-state index is 12.0. The summed E-state index contributed by atoms with van der Waals surface area (Å²) in [7, 11) is 1.67. The second-order valence-electron chi connectivity index (χ2n) is 4.87. The number of rotatable bonds is 4. The average Bonchev–Trinajstić information content (AvgIpc) is 2.41. The highest BCUT2D eigenvalue weighted by Gasteiger charge is 2.31. The number of benzene rings is 1. The minimum atomic E-state index is 0.115. The lowest BCUT2D eigenvalue weighted by molar-refractivity contribution is -0.125. The van der Waals surface area contributed by atoms with Crippen LogP contribution in [-0.2, 0) is 4.79 Å². The molecule has 1 aliphatic rings. The van der Waals surface area contributed by atoms with Gasteiger partial charge in [0.1, 0.15) is 11.5 Å². The summed E-state index contributed by atoms with van der Waals surface area (Å²) in [5, 5.41) is 0. The summed E-state index contributed by atoms with van der Waals surface area (Å²) in [6.45, 7) is 3.77.